The van der Waals surface area contributed by atoms with E-state index in [4.69, 9.17) is 10.8 Å². The average Bonchev–Trinajstić information content (AvgIpc) is 2.77. The number of rotatable bonds is 5. The summed E-state index contributed by atoms with van der Waals surface area (Å²) in [4.78, 5) is 12.1. The van der Waals surface area contributed by atoms with E-state index in [0.717, 1.165) is 5.56 Å². The van der Waals surface area contributed by atoms with E-state index >= 15 is 0 Å². The molecule has 7 N–H and O–H groups in total. The number of nitrogens with one attached hydrogen (secondary N) is 1. The predicted molar refractivity (Wildman–Crippen MR) is 78.9 cm³/mol. The van der Waals surface area contributed by atoms with Crippen LogP contribution in [0.2, 0.25) is 0 Å². The minimum atomic E-state index is -1.11. The fourth-order valence-corrected chi connectivity index (χ4v) is 2.72. The van der Waals surface area contributed by atoms with Crippen molar-refractivity contribution in [3.8, 4) is 5.75 Å². The highest BCUT2D eigenvalue weighted by molar-refractivity contribution is 5.82. The van der Waals surface area contributed by atoms with Gasteiger partial charge in [-0.15, -0.1) is 0 Å². The molecule has 7 heteroatoms. The van der Waals surface area contributed by atoms with Gasteiger partial charge in [0.15, 0.2) is 0 Å². The number of hydrogen-bond donors (Lipinski definition) is 6. The second kappa shape index (κ2) is 7.06. The number of hydrogen-bond acceptors (Lipinski definition) is 6. The lowest BCUT2D eigenvalue weighted by atomic mass is 10.0. The SMILES string of the molecule is N[C@@H](Cc1ccc(O)cc1)C(=O)N[C@@H]1C[C@H](CO)[C@@H](O)[C@H]1O. The molecule has 0 radical (unpaired) electrons. The molecule has 0 aliphatic heterocycles. The summed E-state index contributed by atoms with van der Waals surface area (Å²) in [5.74, 6) is -0.739. The maximum absolute atomic E-state index is 12.1. The van der Waals surface area contributed by atoms with Crippen LogP contribution in [-0.4, -0.2) is 57.2 Å². The van der Waals surface area contributed by atoms with Crippen LogP contribution in [0.5, 0.6) is 5.75 Å². The van der Waals surface area contributed by atoms with E-state index in [-0.39, 0.29) is 12.4 Å². The summed E-state index contributed by atoms with van der Waals surface area (Å²) in [5.41, 5.74) is 6.65. The van der Waals surface area contributed by atoms with E-state index in [1.54, 1.807) is 12.1 Å². The summed E-state index contributed by atoms with van der Waals surface area (Å²) >= 11 is 0. The number of nitrogens with two attached hydrogens (primary N) is 1. The monoisotopic (exact) mass is 310 g/mol. The van der Waals surface area contributed by atoms with Gasteiger partial charge >= 0.3 is 0 Å². The Labute approximate surface area is 128 Å². The fraction of sp³-hybridized carbons (Fsp3) is 0.533. The van der Waals surface area contributed by atoms with Crippen LogP contribution in [-0.2, 0) is 11.2 Å². The zero-order valence-corrected chi connectivity index (χ0v) is 12.1. The van der Waals surface area contributed by atoms with Gasteiger partial charge in [0.1, 0.15) is 11.9 Å². The molecule has 0 unspecified atom stereocenters. The first-order valence-corrected chi connectivity index (χ1v) is 7.23. The molecule has 0 spiro atoms. The number of carbonyl (C=O) groups is 1. The molecule has 7 nitrogen and oxygen atoms in total. The van der Waals surface area contributed by atoms with Crippen LogP contribution in [0.15, 0.2) is 24.3 Å². The van der Waals surface area contributed by atoms with Gasteiger partial charge in [0, 0.05) is 12.5 Å². The Balaban J connectivity index is 1.90. The zero-order chi connectivity index (χ0) is 16.3. The fourth-order valence-electron chi connectivity index (χ4n) is 2.72. The Morgan fingerprint density at radius 3 is 2.45 bits per heavy atom. The van der Waals surface area contributed by atoms with E-state index in [2.05, 4.69) is 5.32 Å². The summed E-state index contributed by atoms with van der Waals surface area (Å²) in [6, 6.07) is 4.97. The molecule has 22 heavy (non-hydrogen) atoms. The van der Waals surface area contributed by atoms with Gasteiger partial charge in [0.05, 0.1) is 18.2 Å². The largest absolute Gasteiger partial charge is 0.508 e. The van der Waals surface area contributed by atoms with E-state index < -0.39 is 36.1 Å². The molecule has 1 aliphatic rings. The number of aromatic hydroxyl groups is 1. The number of phenolic OH excluding ortho intramolecular Hbond substituents is 1. The molecule has 1 saturated carbocycles. The Morgan fingerprint density at radius 1 is 1.27 bits per heavy atom. The molecule has 1 aromatic rings. The van der Waals surface area contributed by atoms with E-state index in [0.29, 0.717) is 12.8 Å². The van der Waals surface area contributed by atoms with Crippen LogP contribution in [0.3, 0.4) is 0 Å². The maximum atomic E-state index is 12.1. The van der Waals surface area contributed by atoms with Crippen LogP contribution < -0.4 is 11.1 Å². The quantitative estimate of drug-likeness (QED) is 0.391. The van der Waals surface area contributed by atoms with Gasteiger partial charge in [0.2, 0.25) is 5.91 Å². The van der Waals surface area contributed by atoms with Crippen LogP contribution in [0.4, 0.5) is 0 Å². The Bertz CT molecular complexity index is 507. The van der Waals surface area contributed by atoms with Crippen molar-refractivity contribution in [1.82, 2.24) is 5.32 Å². The number of amides is 1. The number of aliphatic hydroxyl groups excluding tert-OH is 3. The van der Waals surface area contributed by atoms with Gasteiger partial charge in [-0.2, -0.15) is 0 Å². The summed E-state index contributed by atoms with van der Waals surface area (Å²) in [6.45, 7) is -0.246. The lowest BCUT2D eigenvalue weighted by molar-refractivity contribution is -0.124. The van der Waals surface area contributed by atoms with Gasteiger partial charge in [-0.25, -0.2) is 0 Å². The molecule has 0 aromatic heterocycles. The lowest BCUT2D eigenvalue weighted by Crippen LogP contribution is -2.50. The average molecular weight is 310 g/mol. The Kier molecular flexibility index (Phi) is 5.36. The maximum Gasteiger partial charge on any atom is 0.237 e. The van der Waals surface area contributed by atoms with Crippen molar-refractivity contribution in [3.05, 3.63) is 29.8 Å². The molecule has 0 heterocycles. The first-order chi connectivity index (χ1) is 10.4. The second-order valence-electron chi connectivity index (χ2n) is 5.75. The molecule has 2 rings (SSSR count). The third-order valence-electron chi connectivity index (χ3n) is 4.09. The Morgan fingerprint density at radius 2 is 1.91 bits per heavy atom. The molecule has 0 bridgehead atoms. The van der Waals surface area contributed by atoms with Crippen molar-refractivity contribution < 1.29 is 25.2 Å². The standard InChI is InChI=1S/C15H22N2O5/c16-11(5-8-1-3-10(19)4-2-8)15(22)17-12-6-9(7-18)13(20)14(12)21/h1-4,9,11-14,18-21H,5-7,16H2,(H,17,22)/t9-,11+,12-,13-,14+/m1/s1. The smallest absolute Gasteiger partial charge is 0.237 e. The van der Waals surface area contributed by atoms with Crippen molar-refractivity contribution in [2.75, 3.05) is 6.61 Å². The third-order valence-corrected chi connectivity index (χ3v) is 4.09. The van der Waals surface area contributed by atoms with Crippen LogP contribution in [0, 0.1) is 5.92 Å². The normalized spacial score (nSPS) is 29.3. The van der Waals surface area contributed by atoms with Gasteiger partial charge in [-0.1, -0.05) is 12.1 Å². The Hall–Kier alpha value is -1.67. The van der Waals surface area contributed by atoms with Gasteiger partial charge in [-0.05, 0) is 30.5 Å². The van der Waals surface area contributed by atoms with Crippen molar-refractivity contribution >= 4 is 5.91 Å². The minimum absolute atomic E-state index is 0.139. The summed E-state index contributed by atoms with van der Waals surface area (Å²) < 4.78 is 0. The number of phenols is 1. The highest BCUT2D eigenvalue weighted by Crippen LogP contribution is 2.26. The molecular weight excluding hydrogens is 288 g/mol. The number of aliphatic hydroxyl groups is 3. The predicted octanol–water partition coefficient (Wildman–Crippen LogP) is -1.52. The first kappa shape index (κ1) is 16.7. The first-order valence-electron chi connectivity index (χ1n) is 7.23. The van der Waals surface area contributed by atoms with Crippen molar-refractivity contribution in [2.24, 2.45) is 11.7 Å². The van der Waals surface area contributed by atoms with Crippen molar-refractivity contribution in [3.63, 3.8) is 0 Å². The number of benzene rings is 1. The van der Waals surface area contributed by atoms with E-state index in [9.17, 15) is 20.1 Å². The minimum Gasteiger partial charge on any atom is -0.508 e. The van der Waals surface area contributed by atoms with Crippen LogP contribution in [0.25, 0.3) is 0 Å². The van der Waals surface area contributed by atoms with Crippen molar-refractivity contribution in [2.45, 2.75) is 37.1 Å². The topological polar surface area (TPSA) is 136 Å². The van der Waals surface area contributed by atoms with Crippen molar-refractivity contribution in [1.29, 1.82) is 0 Å². The summed E-state index contributed by atoms with van der Waals surface area (Å²) in [6.07, 6.45) is -1.57. The molecule has 1 aromatic carbocycles. The molecule has 1 amide bonds. The zero-order valence-electron chi connectivity index (χ0n) is 12.1. The molecule has 0 saturated heterocycles. The molecular formula is C15H22N2O5. The summed E-state index contributed by atoms with van der Waals surface area (Å²) in [5, 5.41) is 40.5. The molecule has 1 fully saturated rings. The van der Waals surface area contributed by atoms with E-state index in [1.807, 2.05) is 0 Å². The highest BCUT2D eigenvalue weighted by atomic mass is 16.3. The lowest BCUT2D eigenvalue weighted by Gasteiger charge is -2.20. The van der Waals surface area contributed by atoms with Gasteiger partial charge in [-0.3, -0.25) is 4.79 Å². The summed E-state index contributed by atoms with van der Waals surface area (Å²) in [7, 11) is 0. The molecule has 122 valence electrons. The molecule has 1 aliphatic carbocycles. The molecule has 5 atom stereocenters. The third kappa shape index (κ3) is 3.75. The second-order valence-corrected chi connectivity index (χ2v) is 5.75. The van der Waals surface area contributed by atoms with Gasteiger partial charge in [0.25, 0.3) is 0 Å². The highest BCUT2D eigenvalue weighted by Gasteiger charge is 2.42. The van der Waals surface area contributed by atoms with E-state index in [1.165, 1.54) is 12.1 Å². The van der Waals surface area contributed by atoms with Crippen LogP contribution >= 0.6 is 0 Å². The van der Waals surface area contributed by atoms with Gasteiger partial charge < -0.3 is 31.5 Å². The van der Waals surface area contributed by atoms with Crippen LogP contribution in [0.1, 0.15) is 12.0 Å². The number of carbonyl (C=O) groups excluding carboxylic acids is 1.